The Morgan fingerprint density at radius 1 is 1.62 bits per heavy atom. The average molecular weight is 286 g/mol. The van der Waals surface area contributed by atoms with E-state index in [-0.39, 0.29) is 12.5 Å². The monoisotopic (exact) mass is 286 g/mol. The van der Waals surface area contributed by atoms with Crippen LogP contribution in [-0.4, -0.2) is 11.7 Å². The number of hydrogen-bond donors (Lipinski definition) is 1. The van der Waals surface area contributed by atoms with Crippen molar-refractivity contribution < 1.29 is 5.11 Å². The fourth-order valence-corrected chi connectivity index (χ4v) is 1.44. The van der Waals surface area contributed by atoms with Crippen LogP contribution in [0.25, 0.3) is 0 Å². The zero-order chi connectivity index (χ0) is 9.84. The van der Waals surface area contributed by atoms with E-state index in [0.717, 1.165) is 9.13 Å². The van der Waals surface area contributed by atoms with Gasteiger partial charge < -0.3 is 5.11 Å². The summed E-state index contributed by atoms with van der Waals surface area (Å²) >= 11 is 2.11. The Morgan fingerprint density at radius 3 is 2.85 bits per heavy atom. The van der Waals surface area contributed by atoms with Crippen molar-refractivity contribution >= 4 is 22.6 Å². The Labute approximate surface area is 91.3 Å². The van der Waals surface area contributed by atoms with Gasteiger partial charge in [-0.25, -0.2) is 0 Å². The molecule has 1 N–H and O–H groups in total. The van der Waals surface area contributed by atoms with Crippen molar-refractivity contribution in [1.82, 2.24) is 0 Å². The van der Waals surface area contributed by atoms with Gasteiger partial charge in [0.15, 0.2) is 0 Å². The van der Waals surface area contributed by atoms with Gasteiger partial charge >= 0.3 is 0 Å². The van der Waals surface area contributed by atoms with Crippen molar-refractivity contribution in [3.05, 3.63) is 39.8 Å². The van der Waals surface area contributed by atoms with Gasteiger partial charge in [0.05, 0.1) is 5.56 Å². The highest BCUT2D eigenvalue weighted by Crippen LogP contribution is 2.19. The SMILES string of the molecule is [CH2]C(CO)c1ccc(I)c(C#N)c1. The van der Waals surface area contributed by atoms with Crippen molar-refractivity contribution in [1.29, 1.82) is 5.26 Å². The summed E-state index contributed by atoms with van der Waals surface area (Å²) in [4.78, 5) is 0. The number of aliphatic hydroxyl groups is 1. The van der Waals surface area contributed by atoms with E-state index in [1.54, 1.807) is 6.07 Å². The molecule has 0 bridgehead atoms. The molecule has 1 rings (SSSR count). The fourth-order valence-electron chi connectivity index (χ4n) is 0.988. The van der Waals surface area contributed by atoms with Crippen LogP contribution >= 0.6 is 22.6 Å². The minimum atomic E-state index is -0.149. The van der Waals surface area contributed by atoms with E-state index < -0.39 is 0 Å². The van der Waals surface area contributed by atoms with Gasteiger partial charge in [-0.3, -0.25) is 0 Å². The molecule has 0 amide bonds. The van der Waals surface area contributed by atoms with E-state index in [9.17, 15) is 0 Å². The van der Waals surface area contributed by atoms with Gasteiger partial charge in [-0.1, -0.05) is 6.07 Å². The second-order valence-corrected chi connectivity index (χ2v) is 3.89. The van der Waals surface area contributed by atoms with E-state index in [0.29, 0.717) is 5.56 Å². The van der Waals surface area contributed by atoms with Crippen LogP contribution in [0.1, 0.15) is 17.0 Å². The van der Waals surface area contributed by atoms with Crippen LogP contribution in [0.15, 0.2) is 18.2 Å². The molecule has 13 heavy (non-hydrogen) atoms. The molecule has 0 aromatic heterocycles. The highest BCUT2D eigenvalue weighted by molar-refractivity contribution is 14.1. The summed E-state index contributed by atoms with van der Waals surface area (Å²) < 4.78 is 0.925. The predicted octanol–water partition coefficient (Wildman–Crippen LogP) is 2.07. The third kappa shape index (κ3) is 2.42. The number of benzene rings is 1. The Kier molecular flexibility index (Phi) is 3.70. The van der Waals surface area contributed by atoms with Gasteiger partial charge in [0, 0.05) is 16.1 Å². The molecular formula is C10H9INO. The maximum absolute atomic E-state index is 8.87. The van der Waals surface area contributed by atoms with Crippen LogP contribution < -0.4 is 0 Å². The van der Waals surface area contributed by atoms with Crippen LogP contribution in [0.5, 0.6) is 0 Å². The Hall–Kier alpha value is -0.600. The van der Waals surface area contributed by atoms with E-state index in [2.05, 4.69) is 35.6 Å². The van der Waals surface area contributed by atoms with E-state index in [4.69, 9.17) is 10.4 Å². The third-order valence-electron chi connectivity index (χ3n) is 1.80. The standard InChI is InChI=1S/C10H9INO/c1-7(6-13)8-2-3-10(11)9(4-8)5-12/h2-4,7,13H,1,6H2. The predicted molar refractivity (Wildman–Crippen MR) is 59.1 cm³/mol. The fraction of sp³-hybridized carbons (Fsp3) is 0.200. The lowest BCUT2D eigenvalue weighted by Gasteiger charge is -2.08. The molecule has 0 saturated carbocycles. The molecule has 1 aromatic rings. The summed E-state index contributed by atoms with van der Waals surface area (Å²) in [6, 6.07) is 7.62. The first kappa shape index (κ1) is 10.5. The van der Waals surface area contributed by atoms with Gasteiger partial charge in [-0.2, -0.15) is 5.26 Å². The Bertz CT molecular complexity index is 343. The molecule has 0 aliphatic carbocycles. The number of halogens is 1. The molecule has 0 aliphatic heterocycles. The summed E-state index contributed by atoms with van der Waals surface area (Å²) in [6.45, 7) is 3.78. The molecule has 0 saturated heterocycles. The maximum Gasteiger partial charge on any atom is 0.100 e. The van der Waals surface area contributed by atoms with Gasteiger partial charge in [0.25, 0.3) is 0 Å². The minimum absolute atomic E-state index is 0.00542. The Morgan fingerprint density at radius 2 is 2.31 bits per heavy atom. The zero-order valence-electron chi connectivity index (χ0n) is 7.00. The van der Waals surface area contributed by atoms with Crippen LogP contribution in [0.3, 0.4) is 0 Å². The van der Waals surface area contributed by atoms with Crippen LogP contribution in [-0.2, 0) is 0 Å². The molecule has 3 heteroatoms. The average Bonchev–Trinajstić information content (AvgIpc) is 2.17. The van der Waals surface area contributed by atoms with Gasteiger partial charge in [-0.05, 0) is 47.2 Å². The lowest BCUT2D eigenvalue weighted by atomic mass is 10.0. The summed E-state index contributed by atoms with van der Waals surface area (Å²) in [7, 11) is 0. The van der Waals surface area contributed by atoms with E-state index in [1.165, 1.54) is 0 Å². The molecule has 0 aliphatic rings. The molecule has 0 spiro atoms. The van der Waals surface area contributed by atoms with E-state index >= 15 is 0 Å². The second-order valence-electron chi connectivity index (χ2n) is 2.73. The van der Waals surface area contributed by atoms with Crippen molar-refractivity contribution in [2.45, 2.75) is 5.92 Å². The molecule has 1 unspecified atom stereocenters. The van der Waals surface area contributed by atoms with Crippen molar-refractivity contribution in [2.24, 2.45) is 0 Å². The first-order valence-electron chi connectivity index (χ1n) is 3.82. The summed E-state index contributed by atoms with van der Waals surface area (Å²) in [5, 5.41) is 17.6. The summed E-state index contributed by atoms with van der Waals surface area (Å²) in [6.07, 6.45) is 0. The number of hydrogen-bond acceptors (Lipinski definition) is 2. The maximum atomic E-state index is 8.87. The van der Waals surface area contributed by atoms with E-state index in [1.807, 2.05) is 12.1 Å². The summed E-state index contributed by atoms with van der Waals surface area (Å²) in [5.74, 6) is -0.149. The topological polar surface area (TPSA) is 44.0 Å². The molecular weight excluding hydrogens is 277 g/mol. The first-order valence-corrected chi connectivity index (χ1v) is 4.90. The minimum Gasteiger partial charge on any atom is -0.396 e. The van der Waals surface area contributed by atoms with Crippen molar-refractivity contribution in [3.8, 4) is 6.07 Å². The van der Waals surface area contributed by atoms with Gasteiger partial charge in [0.2, 0.25) is 0 Å². The van der Waals surface area contributed by atoms with Gasteiger partial charge in [-0.15, -0.1) is 0 Å². The first-order chi connectivity index (χ1) is 6.19. The summed E-state index contributed by atoms with van der Waals surface area (Å²) in [5.41, 5.74) is 1.54. The highest BCUT2D eigenvalue weighted by atomic mass is 127. The lowest BCUT2D eigenvalue weighted by molar-refractivity contribution is 0.282. The Balaban J connectivity index is 3.08. The molecule has 1 aromatic carbocycles. The van der Waals surface area contributed by atoms with Crippen LogP contribution in [0.4, 0.5) is 0 Å². The molecule has 1 atom stereocenters. The smallest absolute Gasteiger partial charge is 0.100 e. The van der Waals surface area contributed by atoms with Crippen molar-refractivity contribution in [3.63, 3.8) is 0 Å². The second kappa shape index (κ2) is 4.58. The van der Waals surface area contributed by atoms with Crippen LogP contribution in [0.2, 0.25) is 0 Å². The van der Waals surface area contributed by atoms with Crippen molar-refractivity contribution in [2.75, 3.05) is 6.61 Å². The largest absolute Gasteiger partial charge is 0.396 e. The zero-order valence-corrected chi connectivity index (χ0v) is 9.15. The number of nitrogens with zero attached hydrogens (tertiary/aromatic N) is 1. The normalized spacial score (nSPS) is 12.2. The quantitative estimate of drug-likeness (QED) is 0.846. The van der Waals surface area contributed by atoms with Crippen LogP contribution in [0, 0.1) is 21.8 Å². The number of rotatable bonds is 2. The molecule has 0 heterocycles. The van der Waals surface area contributed by atoms with Gasteiger partial charge in [0.1, 0.15) is 6.07 Å². The highest BCUT2D eigenvalue weighted by Gasteiger charge is 2.06. The number of aliphatic hydroxyl groups excluding tert-OH is 1. The molecule has 1 radical (unpaired) electrons. The third-order valence-corrected chi connectivity index (χ3v) is 2.74. The lowest BCUT2D eigenvalue weighted by Crippen LogP contribution is -2.00. The molecule has 2 nitrogen and oxygen atoms in total. The molecule has 0 fully saturated rings. The molecule has 67 valence electrons. The number of nitriles is 1.